The highest BCUT2D eigenvalue weighted by Crippen LogP contribution is 2.23. The van der Waals surface area contributed by atoms with E-state index >= 15 is 0 Å². The molecule has 2 rings (SSSR count). The van der Waals surface area contributed by atoms with E-state index in [0.717, 1.165) is 18.9 Å². The van der Waals surface area contributed by atoms with E-state index in [-0.39, 0.29) is 23.4 Å². The van der Waals surface area contributed by atoms with E-state index in [0.29, 0.717) is 31.6 Å². The Balaban J connectivity index is 2.02. The zero-order valence-corrected chi connectivity index (χ0v) is 14.9. The van der Waals surface area contributed by atoms with E-state index in [1.54, 1.807) is 4.90 Å². The van der Waals surface area contributed by atoms with Crippen molar-refractivity contribution in [1.82, 2.24) is 4.90 Å². The van der Waals surface area contributed by atoms with Crippen LogP contribution in [0.15, 0.2) is 30.9 Å². The fourth-order valence-electron chi connectivity index (χ4n) is 2.92. The number of likely N-dealkylation sites (tertiary alicyclic amines) is 1. The molecule has 1 aromatic rings. The molecule has 7 heteroatoms. The molecule has 3 amide bonds. The van der Waals surface area contributed by atoms with Crippen LogP contribution in [0.1, 0.15) is 32.6 Å². The Hall–Kier alpha value is -2.70. The third kappa shape index (κ3) is 5.15. The summed E-state index contributed by atoms with van der Waals surface area (Å²) in [6, 6.07) is 3.96. The molecule has 0 bridgehead atoms. The second-order valence-electron chi connectivity index (χ2n) is 6.31. The zero-order valence-electron chi connectivity index (χ0n) is 14.9. The fourth-order valence-corrected chi connectivity index (χ4v) is 2.92. The van der Waals surface area contributed by atoms with Crippen LogP contribution in [0, 0.1) is 11.7 Å². The molecule has 140 valence electrons. The highest BCUT2D eigenvalue weighted by Gasteiger charge is 2.28. The van der Waals surface area contributed by atoms with Crippen molar-refractivity contribution in [3.05, 3.63) is 36.7 Å². The summed E-state index contributed by atoms with van der Waals surface area (Å²) in [7, 11) is 0. The minimum absolute atomic E-state index is 0.0314. The van der Waals surface area contributed by atoms with Crippen molar-refractivity contribution < 1.29 is 18.8 Å². The number of anilines is 2. The second-order valence-corrected chi connectivity index (χ2v) is 6.31. The monoisotopic (exact) mass is 361 g/mol. The van der Waals surface area contributed by atoms with Crippen molar-refractivity contribution in [2.45, 2.75) is 32.6 Å². The third-order valence-corrected chi connectivity index (χ3v) is 4.29. The predicted molar refractivity (Wildman–Crippen MR) is 98.1 cm³/mol. The maximum Gasteiger partial charge on any atom is 0.247 e. The van der Waals surface area contributed by atoms with Crippen LogP contribution >= 0.6 is 0 Å². The van der Waals surface area contributed by atoms with Gasteiger partial charge in [-0.3, -0.25) is 14.4 Å². The molecular weight excluding hydrogens is 337 g/mol. The average molecular weight is 361 g/mol. The first-order valence-corrected chi connectivity index (χ1v) is 8.76. The van der Waals surface area contributed by atoms with Gasteiger partial charge in [-0.2, -0.15) is 0 Å². The molecule has 1 atom stereocenters. The third-order valence-electron chi connectivity index (χ3n) is 4.29. The van der Waals surface area contributed by atoms with Crippen LogP contribution in [0.2, 0.25) is 0 Å². The van der Waals surface area contributed by atoms with Gasteiger partial charge in [0, 0.05) is 25.2 Å². The Kier molecular flexibility index (Phi) is 6.89. The average Bonchev–Trinajstić information content (AvgIpc) is 2.64. The van der Waals surface area contributed by atoms with Crippen LogP contribution < -0.4 is 10.6 Å². The van der Waals surface area contributed by atoms with Crippen molar-refractivity contribution in [2.75, 3.05) is 23.7 Å². The number of amides is 3. The van der Waals surface area contributed by atoms with Gasteiger partial charge in [-0.05, 0) is 43.5 Å². The molecule has 1 heterocycles. The molecule has 0 radical (unpaired) electrons. The van der Waals surface area contributed by atoms with Crippen molar-refractivity contribution >= 4 is 29.1 Å². The van der Waals surface area contributed by atoms with Gasteiger partial charge in [-0.15, -0.1) is 0 Å². The summed E-state index contributed by atoms with van der Waals surface area (Å²) in [5.41, 5.74) is 0.351. The molecule has 1 aliphatic heterocycles. The summed E-state index contributed by atoms with van der Waals surface area (Å²) in [4.78, 5) is 37.6. The van der Waals surface area contributed by atoms with Crippen LogP contribution in [0.5, 0.6) is 0 Å². The van der Waals surface area contributed by atoms with Gasteiger partial charge in [0.2, 0.25) is 17.7 Å². The standard InChI is InChI=1S/C19H24FN3O3/c1-3-6-18(25)23-10-5-7-13(12-23)19(26)21-14-8-9-15(20)16(11-14)22-17(24)4-2/h4,8-9,11,13H,2-3,5-7,10,12H2,1H3,(H,21,26)(H,22,24). The van der Waals surface area contributed by atoms with Gasteiger partial charge < -0.3 is 15.5 Å². The molecule has 26 heavy (non-hydrogen) atoms. The van der Waals surface area contributed by atoms with Gasteiger partial charge in [0.05, 0.1) is 11.6 Å². The number of hydrogen-bond donors (Lipinski definition) is 2. The largest absolute Gasteiger partial charge is 0.342 e. The molecule has 1 unspecified atom stereocenters. The molecule has 0 spiro atoms. The van der Waals surface area contributed by atoms with E-state index in [1.807, 2.05) is 6.92 Å². The van der Waals surface area contributed by atoms with Crippen LogP contribution in [-0.4, -0.2) is 35.7 Å². The summed E-state index contributed by atoms with van der Waals surface area (Å²) >= 11 is 0. The van der Waals surface area contributed by atoms with Gasteiger partial charge >= 0.3 is 0 Å². The number of piperidine rings is 1. The number of nitrogens with one attached hydrogen (secondary N) is 2. The quantitative estimate of drug-likeness (QED) is 0.765. The fraction of sp³-hybridized carbons (Fsp3) is 0.421. The molecule has 1 aromatic carbocycles. The first kappa shape index (κ1) is 19.6. The van der Waals surface area contributed by atoms with Crippen LogP contribution in [0.4, 0.5) is 15.8 Å². The molecule has 6 nitrogen and oxygen atoms in total. The summed E-state index contributed by atoms with van der Waals surface area (Å²) < 4.78 is 13.8. The first-order chi connectivity index (χ1) is 12.4. The zero-order chi connectivity index (χ0) is 19.1. The molecular formula is C19H24FN3O3. The van der Waals surface area contributed by atoms with E-state index in [9.17, 15) is 18.8 Å². The lowest BCUT2D eigenvalue weighted by Gasteiger charge is -2.32. The SMILES string of the molecule is C=CC(=O)Nc1cc(NC(=O)C2CCCN(C(=O)CCC)C2)ccc1F. The van der Waals surface area contributed by atoms with Crippen molar-refractivity contribution in [3.8, 4) is 0 Å². The number of carbonyl (C=O) groups excluding carboxylic acids is 3. The van der Waals surface area contributed by atoms with E-state index < -0.39 is 11.7 Å². The summed E-state index contributed by atoms with van der Waals surface area (Å²) in [6.07, 6.45) is 3.77. The number of nitrogens with zero attached hydrogens (tertiary/aromatic N) is 1. The molecule has 0 saturated carbocycles. The van der Waals surface area contributed by atoms with E-state index in [2.05, 4.69) is 17.2 Å². The highest BCUT2D eigenvalue weighted by atomic mass is 19.1. The Labute approximate surface area is 152 Å². The van der Waals surface area contributed by atoms with Gasteiger partial charge in [-0.1, -0.05) is 13.5 Å². The number of halogens is 1. The minimum atomic E-state index is -0.604. The summed E-state index contributed by atoms with van der Waals surface area (Å²) in [6.45, 7) is 6.34. The Morgan fingerprint density at radius 1 is 1.35 bits per heavy atom. The molecule has 0 aromatic heterocycles. The Bertz CT molecular complexity index is 705. The van der Waals surface area contributed by atoms with Crippen LogP contribution in [0.25, 0.3) is 0 Å². The smallest absolute Gasteiger partial charge is 0.247 e. The molecule has 2 N–H and O–H groups in total. The number of benzene rings is 1. The summed E-state index contributed by atoms with van der Waals surface area (Å²) in [5, 5.41) is 5.09. The lowest BCUT2D eigenvalue weighted by Crippen LogP contribution is -2.43. The predicted octanol–water partition coefficient (Wildman–Crippen LogP) is 2.93. The van der Waals surface area contributed by atoms with Crippen LogP contribution in [-0.2, 0) is 14.4 Å². The van der Waals surface area contributed by atoms with Gasteiger partial charge in [0.1, 0.15) is 5.82 Å². The maximum atomic E-state index is 13.8. The second kappa shape index (κ2) is 9.12. The number of carbonyl (C=O) groups is 3. The van der Waals surface area contributed by atoms with E-state index in [1.165, 1.54) is 18.2 Å². The van der Waals surface area contributed by atoms with Gasteiger partial charge in [0.25, 0.3) is 0 Å². The lowest BCUT2D eigenvalue weighted by molar-refractivity contribution is -0.134. The normalized spacial score (nSPS) is 16.7. The van der Waals surface area contributed by atoms with Crippen molar-refractivity contribution in [3.63, 3.8) is 0 Å². The minimum Gasteiger partial charge on any atom is -0.342 e. The van der Waals surface area contributed by atoms with Gasteiger partial charge in [-0.25, -0.2) is 4.39 Å². The van der Waals surface area contributed by atoms with E-state index in [4.69, 9.17) is 0 Å². The van der Waals surface area contributed by atoms with Crippen LogP contribution in [0.3, 0.4) is 0 Å². The first-order valence-electron chi connectivity index (χ1n) is 8.76. The molecule has 0 aliphatic carbocycles. The Morgan fingerprint density at radius 2 is 2.12 bits per heavy atom. The van der Waals surface area contributed by atoms with Gasteiger partial charge in [0.15, 0.2) is 0 Å². The lowest BCUT2D eigenvalue weighted by atomic mass is 9.96. The number of rotatable bonds is 6. The topological polar surface area (TPSA) is 78.5 Å². The molecule has 1 aliphatic rings. The number of hydrogen-bond acceptors (Lipinski definition) is 3. The van der Waals surface area contributed by atoms with Crippen molar-refractivity contribution in [1.29, 1.82) is 0 Å². The maximum absolute atomic E-state index is 13.8. The highest BCUT2D eigenvalue weighted by molar-refractivity contribution is 6.00. The Morgan fingerprint density at radius 3 is 2.81 bits per heavy atom. The van der Waals surface area contributed by atoms with Crippen molar-refractivity contribution in [2.24, 2.45) is 5.92 Å². The molecule has 1 fully saturated rings. The summed E-state index contributed by atoms with van der Waals surface area (Å²) in [5.74, 6) is -1.59. The molecule has 1 saturated heterocycles.